The lowest BCUT2D eigenvalue weighted by Crippen LogP contribution is -2.07. The van der Waals surface area contributed by atoms with Crippen LogP contribution in [0.1, 0.15) is 0 Å². The second-order valence-corrected chi connectivity index (χ2v) is 13.3. The van der Waals surface area contributed by atoms with Crippen molar-refractivity contribution in [1.29, 1.82) is 0 Å². The van der Waals surface area contributed by atoms with Gasteiger partial charge in [-0.2, -0.15) is 9.97 Å². The van der Waals surface area contributed by atoms with Gasteiger partial charge in [-0.05, 0) is 48.5 Å². The van der Waals surface area contributed by atoms with Crippen LogP contribution in [-0.2, 0) is 7.05 Å². The summed E-state index contributed by atoms with van der Waals surface area (Å²) in [7, 11) is 2.12. The zero-order chi connectivity index (χ0) is 34.3. The van der Waals surface area contributed by atoms with Crippen LogP contribution < -0.4 is 0 Å². The van der Waals surface area contributed by atoms with E-state index in [1.165, 1.54) is 27.1 Å². The topological polar surface area (TPSA) is 53.5 Å². The summed E-state index contributed by atoms with van der Waals surface area (Å²) in [5, 5.41) is 7.16. The first-order chi connectivity index (χ1) is 25.7. The monoisotopic (exact) mass is 666 g/mol. The summed E-state index contributed by atoms with van der Waals surface area (Å²) in [6.45, 7) is 0. The second-order valence-electron chi connectivity index (χ2n) is 13.3. The maximum atomic E-state index is 5.34. The van der Waals surface area contributed by atoms with Crippen molar-refractivity contribution in [2.75, 3.05) is 0 Å². The van der Waals surface area contributed by atoms with Crippen molar-refractivity contribution in [2.45, 2.75) is 0 Å². The zero-order valence-electron chi connectivity index (χ0n) is 28.3. The summed E-state index contributed by atoms with van der Waals surface area (Å²) in [5.74, 6) is 1.80. The molecule has 6 heteroatoms. The minimum Gasteiger partial charge on any atom is -0.344 e. The number of rotatable bonds is 4. The van der Waals surface area contributed by atoms with Gasteiger partial charge in [-0.15, -0.1) is 0 Å². The van der Waals surface area contributed by atoms with Gasteiger partial charge in [-0.1, -0.05) is 115 Å². The molecule has 0 unspecified atom stereocenters. The third kappa shape index (κ3) is 4.09. The van der Waals surface area contributed by atoms with Crippen LogP contribution in [0.3, 0.4) is 0 Å². The minimum absolute atomic E-state index is 0.576. The molecule has 0 bridgehead atoms. The van der Waals surface area contributed by atoms with E-state index in [0.717, 1.165) is 55.2 Å². The third-order valence-corrected chi connectivity index (χ3v) is 10.5. The molecule has 11 rings (SSSR count). The molecule has 0 amide bonds. The van der Waals surface area contributed by atoms with Crippen LogP contribution in [0.4, 0.5) is 0 Å². The molecule has 0 saturated heterocycles. The molecule has 6 nitrogen and oxygen atoms in total. The van der Waals surface area contributed by atoms with E-state index < -0.39 is 0 Å². The Balaban J connectivity index is 1.22. The number of hydrogen-bond acceptors (Lipinski definition) is 3. The molecule has 4 heterocycles. The van der Waals surface area contributed by atoms with Crippen LogP contribution in [0.5, 0.6) is 0 Å². The fraction of sp³-hybridized carbons (Fsp3) is 0.0217. The molecular formula is C46H30N6. The van der Waals surface area contributed by atoms with Gasteiger partial charge in [0.15, 0.2) is 11.6 Å². The molecule has 0 radical (unpaired) electrons. The highest BCUT2D eigenvalue weighted by Gasteiger charge is 2.21. The fourth-order valence-electron chi connectivity index (χ4n) is 8.19. The molecule has 7 aromatic carbocycles. The van der Waals surface area contributed by atoms with Crippen molar-refractivity contribution in [3.05, 3.63) is 164 Å². The number of aryl methyl sites for hydroxylation is 1. The van der Waals surface area contributed by atoms with E-state index in [1.54, 1.807) is 0 Å². The summed E-state index contributed by atoms with van der Waals surface area (Å²) in [6, 6.07) is 57.7. The van der Waals surface area contributed by atoms with E-state index in [2.05, 4.69) is 185 Å². The maximum absolute atomic E-state index is 5.34. The average molecular weight is 667 g/mol. The summed E-state index contributed by atoms with van der Waals surface area (Å²) in [4.78, 5) is 15.9. The van der Waals surface area contributed by atoms with E-state index in [1.807, 2.05) is 0 Å². The van der Waals surface area contributed by atoms with Crippen LogP contribution in [0.2, 0.25) is 0 Å². The molecule has 0 spiro atoms. The standard InChI is InChI=1S/C46H30N6/c1-50-37-20-8-2-14-30(37)35-27-26-29(28-43(35)50)44-47-45(49-46(48-44)52-40-23-11-5-17-33(40)34-18-6-12-24-41(34)52)36-19-7-13-25-42(36)51-38-21-9-3-15-31(38)32-16-4-10-22-39(32)51/h2-28H,1H3. The molecule has 0 aliphatic carbocycles. The van der Waals surface area contributed by atoms with E-state index in [0.29, 0.717) is 17.6 Å². The summed E-state index contributed by atoms with van der Waals surface area (Å²) >= 11 is 0. The smallest absolute Gasteiger partial charge is 0.238 e. The number of para-hydroxylation sites is 6. The summed E-state index contributed by atoms with van der Waals surface area (Å²) in [5.41, 5.74) is 9.54. The molecule has 11 aromatic rings. The molecular weight excluding hydrogens is 637 g/mol. The first kappa shape index (κ1) is 28.8. The molecule has 0 aliphatic rings. The van der Waals surface area contributed by atoms with Crippen molar-refractivity contribution in [2.24, 2.45) is 7.05 Å². The van der Waals surface area contributed by atoms with E-state index in [-0.39, 0.29) is 0 Å². The van der Waals surface area contributed by atoms with Crippen molar-refractivity contribution in [3.63, 3.8) is 0 Å². The number of hydrogen-bond donors (Lipinski definition) is 0. The molecule has 0 aliphatic heterocycles. The molecule has 52 heavy (non-hydrogen) atoms. The number of aromatic nitrogens is 6. The van der Waals surface area contributed by atoms with Crippen molar-refractivity contribution >= 4 is 65.4 Å². The lowest BCUT2D eigenvalue weighted by molar-refractivity contribution is 0.951. The Morgan fingerprint density at radius 3 is 1.40 bits per heavy atom. The first-order valence-corrected chi connectivity index (χ1v) is 17.5. The van der Waals surface area contributed by atoms with Gasteiger partial charge in [-0.3, -0.25) is 4.57 Å². The third-order valence-electron chi connectivity index (χ3n) is 10.5. The van der Waals surface area contributed by atoms with Gasteiger partial charge in [-0.25, -0.2) is 4.98 Å². The Kier molecular flexibility index (Phi) is 6.07. The predicted octanol–water partition coefficient (Wildman–Crippen LogP) is 11.0. The number of fused-ring (bicyclic) bond motifs is 9. The van der Waals surface area contributed by atoms with Crippen LogP contribution >= 0.6 is 0 Å². The van der Waals surface area contributed by atoms with Crippen molar-refractivity contribution in [3.8, 4) is 34.4 Å². The van der Waals surface area contributed by atoms with E-state index >= 15 is 0 Å². The SMILES string of the molecule is Cn1c2ccccc2c2ccc(-c3nc(-c4ccccc4-n4c5ccccc5c5ccccc54)nc(-n4c5ccccc5c5ccccc54)n3)cc21. The van der Waals surface area contributed by atoms with Crippen molar-refractivity contribution < 1.29 is 0 Å². The number of nitrogens with zero attached hydrogens (tertiary/aromatic N) is 6. The van der Waals surface area contributed by atoms with Gasteiger partial charge < -0.3 is 9.13 Å². The maximum Gasteiger partial charge on any atom is 0.238 e. The largest absolute Gasteiger partial charge is 0.344 e. The molecule has 0 N–H and O–H groups in total. The molecule has 0 fully saturated rings. The van der Waals surface area contributed by atoms with Gasteiger partial charge >= 0.3 is 0 Å². The van der Waals surface area contributed by atoms with Crippen LogP contribution in [0.15, 0.2) is 164 Å². The summed E-state index contributed by atoms with van der Waals surface area (Å²) in [6.07, 6.45) is 0. The highest BCUT2D eigenvalue weighted by molar-refractivity contribution is 6.11. The molecule has 4 aromatic heterocycles. The lowest BCUT2D eigenvalue weighted by atomic mass is 10.1. The van der Waals surface area contributed by atoms with Crippen LogP contribution in [0, 0.1) is 0 Å². The average Bonchev–Trinajstić information content (AvgIpc) is 3.83. The Hall–Kier alpha value is -7.05. The number of benzene rings is 7. The van der Waals surface area contributed by atoms with Crippen LogP contribution in [0.25, 0.3) is 99.8 Å². The summed E-state index contributed by atoms with van der Waals surface area (Å²) < 4.78 is 6.77. The Labute approximate surface area is 298 Å². The van der Waals surface area contributed by atoms with Crippen LogP contribution in [-0.4, -0.2) is 28.7 Å². The lowest BCUT2D eigenvalue weighted by Gasteiger charge is -2.15. The highest BCUT2D eigenvalue weighted by Crippen LogP contribution is 2.38. The highest BCUT2D eigenvalue weighted by atomic mass is 15.2. The Morgan fingerprint density at radius 1 is 0.365 bits per heavy atom. The van der Waals surface area contributed by atoms with Gasteiger partial charge in [0.25, 0.3) is 0 Å². The van der Waals surface area contributed by atoms with Gasteiger partial charge in [0.2, 0.25) is 5.95 Å². The predicted molar refractivity (Wildman–Crippen MR) is 213 cm³/mol. The quantitative estimate of drug-likeness (QED) is 0.188. The second kappa shape index (κ2) is 11.0. The van der Waals surface area contributed by atoms with E-state index in [4.69, 9.17) is 15.0 Å². The first-order valence-electron chi connectivity index (χ1n) is 17.5. The molecule has 0 saturated carbocycles. The molecule has 0 atom stereocenters. The normalized spacial score (nSPS) is 11.9. The minimum atomic E-state index is 0.576. The Morgan fingerprint density at radius 2 is 0.808 bits per heavy atom. The Bertz CT molecular complexity index is 3110. The molecule has 244 valence electrons. The zero-order valence-corrected chi connectivity index (χ0v) is 28.3. The van der Waals surface area contributed by atoms with Gasteiger partial charge in [0.1, 0.15) is 0 Å². The van der Waals surface area contributed by atoms with Gasteiger partial charge in [0.05, 0.1) is 27.8 Å². The fourth-order valence-corrected chi connectivity index (χ4v) is 8.19. The van der Waals surface area contributed by atoms with E-state index in [9.17, 15) is 0 Å². The van der Waals surface area contributed by atoms with Gasteiger partial charge in [0, 0.05) is 61.5 Å². The van der Waals surface area contributed by atoms with Crippen molar-refractivity contribution in [1.82, 2.24) is 28.7 Å².